The van der Waals surface area contributed by atoms with Gasteiger partial charge in [-0.3, -0.25) is 4.79 Å². The fourth-order valence-electron chi connectivity index (χ4n) is 4.25. The van der Waals surface area contributed by atoms with Gasteiger partial charge < -0.3 is 14.4 Å². The summed E-state index contributed by atoms with van der Waals surface area (Å²) in [6.45, 7) is 0.298. The van der Waals surface area contributed by atoms with E-state index >= 15 is 0 Å². The van der Waals surface area contributed by atoms with E-state index in [9.17, 15) is 18.0 Å². The summed E-state index contributed by atoms with van der Waals surface area (Å²) >= 11 is 0. The number of benzene rings is 1. The van der Waals surface area contributed by atoms with Crippen LogP contribution in [0.3, 0.4) is 0 Å². The number of nitrogens with two attached hydrogens (primary N) is 1. The summed E-state index contributed by atoms with van der Waals surface area (Å²) in [7, 11) is -2.63. The van der Waals surface area contributed by atoms with Crippen LogP contribution in [0.15, 0.2) is 23.1 Å². The fourth-order valence-corrected chi connectivity index (χ4v) is 4.79. The van der Waals surface area contributed by atoms with Crippen LogP contribution in [0, 0.1) is 5.92 Å². The number of carbonyl (C=O) groups is 2. The van der Waals surface area contributed by atoms with Crippen LogP contribution in [-0.4, -0.2) is 51.5 Å². The second-order valence-electron chi connectivity index (χ2n) is 7.32. The zero-order valence-electron chi connectivity index (χ0n) is 15.9. The Labute approximate surface area is 165 Å². The summed E-state index contributed by atoms with van der Waals surface area (Å²) < 4.78 is 33.4. The second kappa shape index (κ2) is 8.48. The Balaban J connectivity index is 1.69. The van der Waals surface area contributed by atoms with E-state index in [0.29, 0.717) is 12.5 Å². The molecule has 2 aliphatic rings. The molecule has 0 aromatic heterocycles. The van der Waals surface area contributed by atoms with Crippen molar-refractivity contribution in [1.29, 1.82) is 0 Å². The number of piperidine rings is 1. The van der Waals surface area contributed by atoms with Crippen LogP contribution in [0.5, 0.6) is 5.75 Å². The van der Waals surface area contributed by atoms with Crippen LogP contribution in [0.4, 0.5) is 0 Å². The first-order chi connectivity index (χ1) is 13.3. The highest BCUT2D eigenvalue weighted by Gasteiger charge is 2.36. The Hall–Kier alpha value is -2.13. The number of methoxy groups -OCH3 is 1. The highest BCUT2D eigenvalue weighted by atomic mass is 32.2. The number of primary sulfonamides is 1. The maximum atomic E-state index is 12.7. The molecule has 3 rings (SSSR count). The zero-order valence-corrected chi connectivity index (χ0v) is 16.7. The van der Waals surface area contributed by atoms with Crippen molar-refractivity contribution in [3.05, 3.63) is 23.8 Å². The van der Waals surface area contributed by atoms with Crippen molar-refractivity contribution in [2.75, 3.05) is 20.3 Å². The molecule has 2 atom stereocenters. The van der Waals surface area contributed by atoms with Crippen molar-refractivity contribution in [3.63, 3.8) is 0 Å². The average Bonchev–Trinajstić information content (AvgIpc) is 2.70. The molecule has 1 aromatic rings. The molecule has 1 saturated carbocycles. The van der Waals surface area contributed by atoms with E-state index in [-0.39, 0.29) is 34.8 Å². The first-order valence-electron chi connectivity index (χ1n) is 9.48. The van der Waals surface area contributed by atoms with Crippen molar-refractivity contribution in [3.8, 4) is 5.75 Å². The van der Waals surface area contributed by atoms with Crippen LogP contribution in [0.25, 0.3) is 0 Å². The Kier molecular flexibility index (Phi) is 6.24. The highest BCUT2D eigenvalue weighted by Crippen LogP contribution is 2.35. The number of rotatable bonds is 5. The number of nitrogens with zero attached hydrogens (tertiary/aromatic N) is 1. The van der Waals surface area contributed by atoms with Crippen molar-refractivity contribution < 1.29 is 27.5 Å². The second-order valence-corrected chi connectivity index (χ2v) is 8.89. The van der Waals surface area contributed by atoms with Crippen LogP contribution in [0.1, 0.15) is 48.9 Å². The number of fused-ring (bicyclic) bond motifs is 1. The van der Waals surface area contributed by atoms with Gasteiger partial charge in [-0.25, -0.2) is 18.4 Å². The van der Waals surface area contributed by atoms with Gasteiger partial charge in [-0.1, -0.05) is 12.8 Å². The predicted molar refractivity (Wildman–Crippen MR) is 101 cm³/mol. The molecule has 0 unspecified atom stereocenters. The predicted octanol–water partition coefficient (Wildman–Crippen LogP) is 1.68. The monoisotopic (exact) mass is 410 g/mol. The van der Waals surface area contributed by atoms with E-state index in [0.717, 1.165) is 38.2 Å². The maximum Gasteiger partial charge on any atom is 0.342 e. The minimum Gasteiger partial charge on any atom is -0.496 e. The van der Waals surface area contributed by atoms with Gasteiger partial charge in [0.25, 0.3) is 5.91 Å². The van der Waals surface area contributed by atoms with Gasteiger partial charge in [-0.15, -0.1) is 0 Å². The molecule has 0 bridgehead atoms. The molecule has 2 fully saturated rings. The lowest BCUT2D eigenvalue weighted by atomic mass is 9.78. The highest BCUT2D eigenvalue weighted by molar-refractivity contribution is 7.89. The summed E-state index contributed by atoms with van der Waals surface area (Å²) in [6.07, 6.45) is 6.57. The lowest BCUT2D eigenvalue weighted by Gasteiger charge is -2.44. The Morgan fingerprint density at radius 1 is 1.18 bits per heavy atom. The molecule has 2 N–H and O–H groups in total. The Bertz CT molecular complexity index is 852. The fraction of sp³-hybridized carbons (Fsp3) is 0.579. The molecule has 1 heterocycles. The van der Waals surface area contributed by atoms with E-state index in [2.05, 4.69) is 0 Å². The molecule has 1 amide bonds. The molecule has 0 radical (unpaired) electrons. The van der Waals surface area contributed by atoms with E-state index in [1.165, 1.54) is 25.7 Å². The standard InChI is InChI=1S/C19H26N2O6S/c1-26-17-9-8-14(28(20,24)25)11-15(17)19(23)27-12-18(22)21-10-4-6-13-5-2-3-7-16(13)21/h8-9,11,13,16H,2-7,10,12H2,1H3,(H2,20,24,25)/t13-,16+/m0/s1. The summed E-state index contributed by atoms with van der Waals surface area (Å²) in [5, 5.41) is 5.12. The molecule has 8 nitrogen and oxygen atoms in total. The summed E-state index contributed by atoms with van der Waals surface area (Å²) in [5.41, 5.74) is -0.0870. The quantitative estimate of drug-likeness (QED) is 0.739. The normalized spacial score (nSPS) is 22.3. The van der Waals surface area contributed by atoms with Crippen molar-refractivity contribution in [2.24, 2.45) is 11.1 Å². The van der Waals surface area contributed by atoms with Crippen molar-refractivity contribution in [2.45, 2.75) is 49.5 Å². The third kappa shape index (κ3) is 4.47. The van der Waals surface area contributed by atoms with Gasteiger partial charge in [0.1, 0.15) is 11.3 Å². The van der Waals surface area contributed by atoms with Gasteiger partial charge in [-0.05, 0) is 49.8 Å². The smallest absolute Gasteiger partial charge is 0.342 e. The molecule has 0 spiro atoms. The maximum absolute atomic E-state index is 12.7. The van der Waals surface area contributed by atoms with Crippen LogP contribution >= 0.6 is 0 Å². The minimum atomic E-state index is -3.98. The van der Waals surface area contributed by atoms with E-state index in [1.54, 1.807) is 0 Å². The number of likely N-dealkylation sites (tertiary alicyclic amines) is 1. The third-order valence-electron chi connectivity index (χ3n) is 5.61. The number of esters is 1. The molecule has 1 saturated heterocycles. The Morgan fingerprint density at radius 2 is 1.89 bits per heavy atom. The van der Waals surface area contributed by atoms with Crippen molar-refractivity contribution in [1.82, 2.24) is 4.90 Å². The number of ether oxygens (including phenoxy) is 2. The summed E-state index contributed by atoms with van der Waals surface area (Å²) in [6, 6.07) is 3.90. The molecule has 1 aromatic carbocycles. The summed E-state index contributed by atoms with van der Waals surface area (Å²) in [4.78, 5) is 26.8. The molecule has 1 aliphatic carbocycles. The third-order valence-corrected chi connectivity index (χ3v) is 6.52. The number of sulfonamides is 1. The van der Waals surface area contributed by atoms with Gasteiger partial charge in [0.05, 0.1) is 12.0 Å². The molecular formula is C19H26N2O6S. The zero-order chi connectivity index (χ0) is 20.3. The first-order valence-corrected chi connectivity index (χ1v) is 11.0. The van der Waals surface area contributed by atoms with E-state index < -0.39 is 16.0 Å². The number of carbonyl (C=O) groups excluding carboxylic acids is 2. The number of hydrogen-bond donors (Lipinski definition) is 1. The lowest BCUT2D eigenvalue weighted by Crippen LogP contribution is -2.50. The lowest BCUT2D eigenvalue weighted by molar-refractivity contribution is -0.140. The van der Waals surface area contributed by atoms with Gasteiger partial charge in [0.2, 0.25) is 10.0 Å². The topological polar surface area (TPSA) is 116 Å². The molecule has 154 valence electrons. The molecule has 28 heavy (non-hydrogen) atoms. The number of hydrogen-bond acceptors (Lipinski definition) is 6. The van der Waals surface area contributed by atoms with E-state index in [4.69, 9.17) is 14.6 Å². The number of amides is 1. The van der Waals surface area contributed by atoms with Crippen molar-refractivity contribution >= 4 is 21.9 Å². The van der Waals surface area contributed by atoms with Crippen LogP contribution in [0.2, 0.25) is 0 Å². The minimum absolute atomic E-state index is 0.0870. The Morgan fingerprint density at radius 3 is 2.61 bits per heavy atom. The SMILES string of the molecule is COc1ccc(S(N)(=O)=O)cc1C(=O)OCC(=O)N1CCC[C@@H]2CCCC[C@H]21. The summed E-state index contributed by atoms with van der Waals surface area (Å²) in [5.74, 6) is -0.358. The van der Waals surface area contributed by atoms with Gasteiger partial charge in [-0.2, -0.15) is 0 Å². The van der Waals surface area contributed by atoms with Gasteiger partial charge >= 0.3 is 5.97 Å². The van der Waals surface area contributed by atoms with Crippen LogP contribution < -0.4 is 9.88 Å². The van der Waals surface area contributed by atoms with E-state index in [1.807, 2.05) is 4.90 Å². The molecular weight excluding hydrogens is 384 g/mol. The van der Waals surface area contributed by atoms with Gasteiger partial charge in [0.15, 0.2) is 6.61 Å². The average molecular weight is 410 g/mol. The molecule has 1 aliphatic heterocycles. The molecule has 9 heteroatoms. The largest absolute Gasteiger partial charge is 0.496 e. The van der Waals surface area contributed by atoms with Crippen LogP contribution in [-0.2, 0) is 19.6 Å². The first kappa shape index (κ1) is 20.6. The van der Waals surface area contributed by atoms with Gasteiger partial charge in [0, 0.05) is 12.6 Å².